The van der Waals surface area contributed by atoms with Crippen molar-refractivity contribution in [1.82, 2.24) is 39.1 Å². The van der Waals surface area contributed by atoms with Crippen LogP contribution >= 0.6 is 15.9 Å². The number of hydrogen-bond donors (Lipinski definition) is 1. The Labute approximate surface area is 310 Å². The van der Waals surface area contributed by atoms with Crippen molar-refractivity contribution >= 4 is 38.6 Å². The fourth-order valence-electron chi connectivity index (χ4n) is 6.55. The molecular formula is C36H27BrF6N8O3. The van der Waals surface area contributed by atoms with Crippen LogP contribution in [0.3, 0.4) is 0 Å². The Hall–Kier alpha value is -5.78. The summed E-state index contributed by atoms with van der Waals surface area (Å²) in [4.78, 5) is 51.9. The number of nitrogens with one attached hydrogen (secondary N) is 1. The lowest BCUT2D eigenvalue weighted by molar-refractivity contribution is -0.142. The van der Waals surface area contributed by atoms with Crippen LogP contribution in [0.4, 0.5) is 26.3 Å². The Bertz CT molecular complexity index is 2470. The smallest absolute Gasteiger partial charge is 0.347 e. The molecule has 1 atom stereocenters. The molecule has 7 rings (SSSR count). The van der Waals surface area contributed by atoms with Crippen molar-refractivity contribution in [2.45, 2.75) is 51.5 Å². The van der Waals surface area contributed by atoms with Gasteiger partial charge in [-0.3, -0.25) is 23.4 Å². The van der Waals surface area contributed by atoms with E-state index >= 15 is 0 Å². The van der Waals surface area contributed by atoms with E-state index in [9.17, 15) is 40.7 Å². The van der Waals surface area contributed by atoms with Crippen LogP contribution in [0.1, 0.15) is 44.6 Å². The molecule has 3 aromatic carbocycles. The van der Waals surface area contributed by atoms with E-state index in [2.05, 4.69) is 36.3 Å². The van der Waals surface area contributed by atoms with Gasteiger partial charge in [0, 0.05) is 46.3 Å². The standard InChI is InChI=1S/C36H27BrF6N8O3/c1-20-16-49-30(17-48(20)33(53)21-6-8-27(37)26(13-21)36(41,42)43)31(32(52)45-14-22-4-2-3-5-25(22)28-10-11-44-19-46-28)51(34(49)54)24-7-9-29-23(12-24)15-47-50(29)18-35(38,39)40/h2-13,15,19-20H,14,16-18H2,1H3,(H,45,52)/t20-/m0/s1. The SMILES string of the molecule is C[C@H]1Cn2c(c(C(=O)NCc3ccccc3-c3ccncn3)n(-c3ccc4c(cnn4CC(F)(F)F)c3)c2=O)CN1C(=O)c1ccc(Br)c(C(F)(F)F)c1. The van der Waals surface area contributed by atoms with Gasteiger partial charge in [-0.25, -0.2) is 14.8 Å². The molecule has 0 bridgehead atoms. The summed E-state index contributed by atoms with van der Waals surface area (Å²) >= 11 is 2.89. The Balaban J connectivity index is 1.30. The highest BCUT2D eigenvalue weighted by atomic mass is 79.9. The molecule has 0 unspecified atom stereocenters. The Morgan fingerprint density at radius 1 is 1.00 bits per heavy atom. The summed E-state index contributed by atoms with van der Waals surface area (Å²) < 4.78 is 83.8. The van der Waals surface area contributed by atoms with Crippen LogP contribution in [0.2, 0.25) is 0 Å². The van der Waals surface area contributed by atoms with Gasteiger partial charge in [-0.15, -0.1) is 0 Å². The van der Waals surface area contributed by atoms with Gasteiger partial charge < -0.3 is 10.2 Å². The van der Waals surface area contributed by atoms with Gasteiger partial charge in [0.2, 0.25) is 0 Å². The van der Waals surface area contributed by atoms with Gasteiger partial charge in [-0.2, -0.15) is 31.4 Å². The number of carbonyl (C=O) groups excluding carboxylic acids is 2. The van der Waals surface area contributed by atoms with Crippen molar-refractivity contribution in [2.24, 2.45) is 0 Å². The zero-order valence-electron chi connectivity index (χ0n) is 28.0. The van der Waals surface area contributed by atoms with Crippen LogP contribution in [-0.2, 0) is 32.4 Å². The van der Waals surface area contributed by atoms with Crippen LogP contribution in [0.5, 0.6) is 0 Å². The average molecular weight is 814 g/mol. The fraction of sp³-hybridized carbons (Fsp3) is 0.222. The number of rotatable bonds is 7. The number of carbonyl (C=O) groups is 2. The molecule has 1 N–H and O–H groups in total. The monoisotopic (exact) mass is 812 g/mol. The van der Waals surface area contributed by atoms with E-state index in [1.807, 2.05) is 6.07 Å². The highest BCUT2D eigenvalue weighted by Crippen LogP contribution is 2.36. The van der Waals surface area contributed by atoms with Crippen LogP contribution in [0, 0.1) is 0 Å². The number of aromatic nitrogens is 6. The number of amides is 2. The summed E-state index contributed by atoms with van der Waals surface area (Å²) in [5, 5.41) is 6.97. The molecule has 1 aliphatic rings. The maximum absolute atomic E-state index is 14.3. The summed E-state index contributed by atoms with van der Waals surface area (Å²) in [5.74, 6) is -1.48. The summed E-state index contributed by atoms with van der Waals surface area (Å²) in [7, 11) is 0. The first kappa shape index (κ1) is 36.6. The number of benzene rings is 3. The molecule has 0 aliphatic carbocycles. The van der Waals surface area contributed by atoms with Crippen molar-refractivity contribution in [1.29, 1.82) is 0 Å². The number of nitrogens with zero attached hydrogens (tertiary/aromatic N) is 7. The largest absolute Gasteiger partial charge is 0.417 e. The number of halogens is 7. The molecular weight excluding hydrogens is 786 g/mol. The van der Waals surface area contributed by atoms with E-state index in [1.165, 1.54) is 46.3 Å². The molecule has 54 heavy (non-hydrogen) atoms. The zero-order valence-corrected chi connectivity index (χ0v) is 29.6. The minimum Gasteiger partial charge on any atom is -0.347 e. The maximum Gasteiger partial charge on any atom is 0.417 e. The summed E-state index contributed by atoms with van der Waals surface area (Å²) in [5.41, 5.74) is 0.227. The van der Waals surface area contributed by atoms with E-state index in [-0.39, 0.29) is 57.6 Å². The lowest BCUT2D eigenvalue weighted by Crippen LogP contribution is -2.47. The Morgan fingerprint density at radius 2 is 1.78 bits per heavy atom. The molecule has 6 aromatic rings. The topological polar surface area (TPSA) is 120 Å². The quantitative estimate of drug-likeness (QED) is 0.178. The predicted molar refractivity (Wildman–Crippen MR) is 186 cm³/mol. The highest BCUT2D eigenvalue weighted by molar-refractivity contribution is 9.10. The predicted octanol–water partition coefficient (Wildman–Crippen LogP) is 6.76. The van der Waals surface area contributed by atoms with Crippen LogP contribution in [0.25, 0.3) is 27.8 Å². The van der Waals surface area contributed by atoms with Crippen molar-refractivity contribution in [3.63, 3.8) is 0 Å². The van der Waals surface area contributed by atoms with Crippen LogP contribution < -0.4 is 11.0 Å². The van der Waals surface area contributed by atoms with E-state index in [4.69, 9.17) is 0 Å². The van der Waals surface area contributed by atoms with E-state index in [0.29, 0.717) is 16.8 Å². The second-order valence-electron chi connectivity index (χ2n) is 12.6. The van der Waals surface area contributed by atoms with E-state index in [0.717, 1.165) is 21.4 Å². The Kier molecular flexibility index (Phi) is 9.41. The molecule has 0 saturated heterocycles. The maximum atomic E-state index is 14.3. The fourth-order valence-corrected chi connectivity index (χ4v) is 7.02. The van der Waals surface area contributed by atoms with Crippen LogP contribution in [-0.4, -0.2) is 57.8 Å². The molecule has 0 saturated carbocycles. The van der Waals surface area contributed by atoms with Crippen molar-refractivity contribution < 1.29 is 35.9 Å². The third-order valence-electron chi connectivity index (χ3n) is 9.07. The molecule has 4 heterocycles. The minimum atomic E-state index is -4.75. The van der Waals surface area contributed by atoms with Gasteiger partial charge in [0.1, 0.15) is 18.6 Å². The molecule has 0 fully saturated rings. The highest BCUT2D eigenvalue weighted by Gasteiger charge is 2.38. The van der Waals surface area contributed by atoms with Crippen molar-refractivity contribution in [2.75, 3.05) is 0 Å². The molecule has 0 radical (unpaired) electrons. The Morgan fingerprint density at radius 3 is 2.50 bits per heavy atom. The molecule has 18 heteroatoms. The summed E-state index contributed by atoms with van der Waals surface area (Å²) in [6, 6.07) is 15.4. The third kappa shape index (κ3) is 7.00. The molecule has 3 aromatic heterocycles. The van der Waals surface area contributed by atoms with Crippen molar-refractivity contribution in [3.05, 3.63) is 128 Å². The van der Waals surface area contributed by atoms with Gasteiger partial charge in [-0.05, 0) is 55.0 Å². The second kappa shape index (κ2) is 13.9. The number of imidazole rings is 1. The second-order valence-corrected chi connectivity index (χ2v) is 13.4. The van der Waals surface area contributed by atoms with Gasteiger partial charge >= 0.3 is 18.0 Å². The molecule has 0 spiro atoms. The van der Waals surface area contributed by atoms with Gasteiger partial charge in [-0.1, -0.05) is 40.2 Å². The third-order valence-corrected chi connectivity index (χ3v) is 9.76. The average Bonchev–Trinajstić information content (AvgIpc) is 3.65. The molecule has 2 amide bonds. The molecule has 11 nitrogen and oxygen atoms in total. The lowest BCUT2D eigenvalue weighted by Gasteiger charge is -2.34. The van der Waals surface area contributed by atoms with Gasteiger partial charge in [0.25, 0.3) is 11.8 Å². The van der Waals surface area contributed by atoms with E-state index in [1.54, 1.807) is 37.4 Å². The molecule has 278 valence electrons. The van der Waals surface area contributed by atoms with Crippen molar-refractivity contribution in [3.8, 4) is 16.9 Å². The first-order valence-electron chi connectivity index (χ1n) is 16.3. The number of alkyl halides is 6. The minimum absolute atomic E-state index is 0.0285. The zero-order chi connectivity index (χ0) is 38.5. The van der Waals surface area contributed by atoms with Crippen LogP contribution in [0.15, 0.2) is 94.7 Å². The molecule has 1 aliphatic heterocycles. The first-order valence-corrected chi connectivity index (χ1v) is 17.1. The number of hydrogen-bond acceptors (Lipinski definition) is 6. The summed E-state index contributed by atoms with van der Waals surface area (Å²) in [6.07, 6.45) is -5.13. The summed E-state index contributed by atoms with van der Waals surface area (Å²) in [6.45, 7) is -0.187. The van der Waals surface area contributed by atoms with Gasteiger partial charge in [0.15, 0.2) is 0 Å². The normalized spacial score (nSPS) is 14.7. The lowest BCUT2D eigenvalue weighted by atomic mass is 10.0. The van der Waals surface area contributed by atoms with Gasteiger partial charge in [0.05, 0.1) is 40.9 Å². The van der Waals surface area contributed by atoms with E-state index < -0.39 is 48.0 Å². The number of fused-ring (bicyclic) bond motifs is 2. The first-order chi connectivity index (χ1) is 25.6.